The highest BCUT2D eigenvalue weighted by atomic mass is 32.2. The van der Waals surface area contributed by atoms with Crippen LogP contribution in [0.4, 0.5) is 28.0 Å². The Morgan fingerprint density at radius 1 is 1.30 bits per heavy atom. The fourth-order valence-electron chi connectivity index (χ4n) is 3.82. The summed E-state index contributed by atoms with van der Waals surface area (Å²) in [5, 5.41) is 9.04. The molecule has 202 valence electrons. The number of halogens is 4. The predicted molar refractivity (Wildman–Crippen MR) is 128 cm³/mol. The van der Waals surface area contributed by atoms with Crippen molar-refractivity contribution in [3.05, 3.63) is 24.2 Å². The minimum absolute atomic E-state index is 0.0502. The molecule has 2 atom stereocenters. The van der Waals surface area contributed by atoms with E-state index in [4.69, 9.17) is 9.26 Å². The second-order valence-electron chi connectivity index (χ2n) is 9.61. The SMILES string of the molecule is CN1CC[C@@H](Nc2cccn3c(SC(F)(F)F)c(-c4noc(CNC(=O)OC(C)(C)C)n4)nc23)[C@@H](F)C1. The minimum Gasteiger partial charge on any atom is -0.444 e. The number of piperidine rings is 1. The van der Waals surface area contributed by atoms with Crippen molar-refractivity contribution in [2.75, 3.05) is 25.5 Å². The average molecular weight is 546 g/mol. The van der Waals surface area contributed by atoms with E-state index in [-0.39, 0.29) is 52.9 Å². The molecule has 0 aliphatic carbocycles. The number of nitrogens with zero attached hydrogens (tertiary/aromatic N) is 5. The zero-order chi connectivity index (χ0) is 27.0. The average Bonchev–Trinajstić information content (AvgIpc) is 3.37. The summed E-state index contributed by atoms with van der Waals surface area (Å²) in [5.41, 5.74) is -4.97. The van der Waals surface area contributed by atoms with E-state index in [1.165, 1.54) is 10.6 Å². The Kier molecular flexibility index (Phi) is 7.55. The van der Waals surface area contributed by atoms with E-state index in [1.807, 2.05) is 11.9 Å². The van der Waals surface area contributed by atoms with Crippen LogP contribution in [0, 0.1) is 0 Å². The van der Waals surface area contributed by atoms with Gasteiger partial charge in [-0.25, -0.2) is 14.2 Å². The number of pyridine rings is 1. The van der Waals surface area contributed by atoms with Crippen LogP contribution in [0.3, 0.4) is 0 Å². The monoisotopic (exact) mass is 545 g/mol. The van der Waals surface area contributed by atoms with Gasteiger partial charge < -0.3 is 24.8 Å². The van der Waals surface area contributed by atoms with Gasteiger partial charge in [0.2, 0.25) is 11.7 Å². The van der Waals surface area contributed by atoms with Gasteiger partial charge in [0, 0.05) is 31.0 Å². The van der Waals surface area contributed by atoms with Crippen LogP contribution in [-0.2, 0) is 11.3 Å². The first-order valence-corrected chi connectivity index (χ1v) is 12.3. The molecule has 0 unspecified atom stereocenters. The van der Waals surface area contributed by atoms with Gasteiger partial charge in [-0.2, -0.15) is 18.2 Å². The third kappa shape index (κ3) is 6.83. The van der Waals surface area contributed by atoms with Crippen molar-refractivity contribution in [1.82, 2.24) is 29.7 Å². The predicted octanol–water partition coefficient (Wildman–Crippen LogP) is 4.48. The molecule has 4 rings (SSSR count). The first-order valence-electron chi connectivity index (χ1n) is 11.4. The van der Waals surface area contributed by atoms with E-state index >= 15 is 0 Å². The van der Waals surface area contributed by atoms with Gasteiger partial charge >= 0.3 is 11.6 Å². The first-order chi connectivity index (χ1) is 17.3. The van der Waals surface area contributed by atoms with Crippen molar-refractivity contribution in [2.24, 2.45) is 0 Å². The van der Waals surface area contributed by atoms with Gasteiger partial charge in [0.1, 0.15) is 29.0 Å². The zero-order valence-electron chi connectivity index (χ0n) is 20.6. The van der Waals surface area contributed by atoms with E-state index < -0.39 is 29.4 Å². The number of nitrogens with one attached hydrogen (secondary N) is 2. The number of amides is 1. The Bertz CT molecular complexity index is 1260. The number of carbonyl (C=O) groups excluding carboxylic acids is 1. The van der Waals surface area contributed by atoms with E-state index in [9.17, 15) is 22.4 Å². The van der Waals surface area contributed by atoms with Crippen LogP contribution in [0.2, 0.25) is 0 Å². The second kappa shape index (κ2) is 10.4. The lowest BCUT2D eigenvalue weighted by molar-refractivity contribution is -0.0329. The summed E-state index contributed by atoms with van der Waals surface area (Å²) >= 11 is -0.372. The minimum atomic E-state index is -4.63. The Morgan fingerprint density at radius 3 is 2.73 bits per heavy atom. The lowest BCUT2D eigenvalue weighted by atomic mass is 10.0. The summed E-state index contributed by atoms with van der Waals surface area (Å²) in [6, 6.07) is 2.67. The Morgan fingerprint density at radius 2 is 2.05 bits per heavy atom. The standard InChI is InChI=1S/C22H27F4N7O3S/c1-21(2,3)35-20(34)27-10-15-29-17(31-36-15)16-19(37-22(24,25)26)33-8-5-6-14(18(33)30-16)28-13-7-9-32(4)11-12(13)23/h5-6,8,12-13,28H,7,9-11H2,1-4H3,(H,27,34)/t12-,13+/m0/s1. The zero-order valence-corrected chi connectivity index (χ0v) is 21.4. The van der Waals surface area contributed by atoms with Gasteiger partial charge in [-0.3, -0.25) is 4.40 Å². The van der Waals surface area contributed by atoms with Crippen molar-refractivity contribution in [3.63, 3.8) is 0 Å². The molecule has 1 amide bonds. The van der Waals surface area contributed by atoms with Crippen LogP contribution in [0.25, 0.3) is 17.2 Å². The molecule has 1 aliphatic heterocycles. The highest BCUT2D eigenvalue weighted by Gasteiger charge is 2.35. The van der Waals surface area contributed by atoms with Crippen molar-refractivity contribution >= 4 is 29.2 Å². The van der Waals surface area contributed by atoms with E-state index in [1.54, 1.807) is 32.9 Å². The van der Waals surface area contributed by atoms with Crippen LogP contribution in [0.15, 0.2) is 27.9 Å². The van der Waals surface area contributed by atoms with Crippen LogP contribution in [-0.4, -0.2) is 74.0 Å². The van der Waals surface area contributed by atoms with Gasteiger partial charge in [-0.1, -0.05) is 5.16 Å². The van der Waals surface area contributed by atoms with Crippen molar-refractivity contribution in [1.29, 1.82) is 0 Å². The molecule has 1 saturated heterocycles. The number of aromatic nitrogens is 4. The number of ether oxygens (including phenoxy) is 1. The molecule has 0 radical (unpaired) electrons. The number of anilines is 1. The van der Waals surface area contributed by atoms with Gasteiger partial charge in [-0.05, 0) is 46.4 Å². The van der Waals surface area contributed by atoms with E-state index in [0.717, 1.165) is 0 Å². The molecule has 15 heteroatoms. The Balaban J connectivity index is 1.63. The normalized spacial score (nSPS) is 19.2. The lowest BCUT2D eigenvalue weighted by Gasteiger charge is -2.33. The van der Waals surface area contributed by atoms with Crippen LogP contribution in [0.5, 0.6) is 0 Å². The molecule has 0 saturated carbocycles. The molecule has 1 aliphatic rings. The summed E-state index contributed by atoms with van der Waals surface area (Å²) in [5.74, 6) is -0.240. The maximum atomic E-state index is 14.6. The molecule has 0 spiro atoms. The molecular weight excluding hydrogens is 518 g/mol. The lowest BCUT2D eigenvalue weighted by Crippen LogP contribution is -2.46. The second-order valence-corrected chi connectivity index (χ2v) is 10.7. The maximum Gasteiger partial charge on any atom is 0.447 e. The number of fused-ring (bicyclic) bond motifs is 1. The number of hydrogen-bond donors (Lipinski definition) is 2. The maximum absolute atomic E-state index is 14.6. The first kappa shape index (κ1) is 27.0. The topological polar surface area (TPSA) is 110 Å². The molecule has 37 heavy (non-hydrogen) atoms. The summed E-state index contributed by atoms with van der Waals surface area (Å²) in [7, 11) is 1.83. The smallest absolute Gasteiger partial charge is 0.444 e. The molecule has 1 fully saturated rings. The summed E-state index contributed by atoms with van der Waals surface area (Å²) in [6.45, 7) is 5.83. The molecule has 0 bridgehead atoms. The van der Waals surface area contributed by atoms with E-state index in [0.29, 0.717) is 18.7 Å². The number of hydrogen-bond acceptors (Lipinski definition) is 9. The van der Waals surface area contributed by atoms with Gasteiger partial charge in [-0.15, -0.1) is 0 Å². The Hall–Kier alpha value is -3.07. The van der Waals surface area contributed by atoms with Gasteiger partial charge in [0.15, 0.2) is 5.65 Å². The third-order valence-electron chi connectivity index (χ3n) is 5.37. The summed E-state index contributed by atoms with van der Waals surface area (Å²) in [6.07, 6.45) is 0.0753. The van der Waals surface area contributed by atoms with Crippen LogP contribution < -0.4 is 10.6 Å². The number of likely N-dealkylation sites (tertiary alicyclic amines) is 1. The fourth-order valence-corrected chi connectivity index (χ4v) is 4.51. The third-order valence-corrected chi connectivity index (χ3v) is 6.18. The summed E-state index contributed by atoms with van der Waals surface area (Å²) < 4.78 is 66.6. The molecule has 0 aromatic carbocycles. The highest BCUT2D eigenvalue weighted by molar-refractivity contribution is 8.00. The van der Waals surface area contributed by atoms with Crippen molar-refractivity contribution in [2.45, 2.75) is 62.1 Å². The molecule has 2 N–H and O–H groups in total. The summed E-state index contributed by atoms with van der Waals surface area (Å²) in [4.78, 5) is 22.2. The van der Waals surface area contributed by atoms with Crippen LogP contribution >= 0.6 is 11.8 Å². The largest absolute Gasteiger partial charge is 0.447 e. The Labute approximate surface area is 214 Å². The number of thioether (sulfide) groups is 1. The number of alkyl halides is 4. The highest BCUT2D eigenvalue weighted by Crippen LogP contribution is 2.42. The molecule has 3 aromatic rings. The van der Waals surface area contributed by atoms with Gasteiger partial charge in [0.25, 0.3) is 0 Å². The van der Waals surface area contributed by atoms with Crippen molar-refractivity contribution < 1.29 is 31.6 Å². The van der Waals surface area contributed by atoms with E-state index in [2.05, 4.69) is 25.8 Å². The molecular formula is C22H27F4N7O3S. The molecule has 4 heterocycles. The quantitative estimate of drug-likeness (QED) is 0.342. The molecule has 3 aromatic heterocycles. The number of carbonyl (C=O) groups is 1. The number of alkyl carbamates (subject to hydrolysis) is 1. The van der Waals surface area contributed by atoms with Crippen molar-refractivity contribution in [3.8, 4) is 11.5 Å². The van der Waals surface area contributed by atoms with Crippen LogP contribution in [0.1, 0.15) is 33.1 Å². The number of imidazole rings is 1. The number of rotatable bonds is 6. The fraction of sp³-hybridized carbons (Fsp3) is 0.545. The molecule has 10 nitrogen and oxygen atoms in total. The van der Waals surface area contributed by atoms with Gasteiger partial charge in [0.05, 0.1) is 11.7 Å².